The first-order chi connectivity index (χ1) is 14.7. The highest BCUT2D eigenvalue weighted by atomic mass is 32.2. The number of hydrogen-bond acceptors (Lipinski definition) is 7. The molecule has 0 bridgehead atoms. The van der Waals surface area contributed by atoms with Gasteiger partial charge in [-0.2, -0.15) is 0 Å². The van der Waals surface area contributed by atoms with E-state index in [2.05, 4.69) is 10.2 Å². The number of allylic oxidation sites excluding steroid dienone is 1. The van der Waals surface area contributed by atoms with Gasteiger partial charge in [-0.1, -0.05) is 42.1 Å². The van der Waals surface area contributed by atoms with Crippen LogP contribution in [0.5, 0.6) is 17.2 Å². The van der Waals surface area contributed by atoms with Crippen molar-refractivity contribution in [2.45, 2.75) is 18.2 Å². The summed E-state index contributed by atoms with van der Waals surface area (Å²) in [5.41, 5.74) is 1.86. The Morgan fingerprint density at radius 2 is 1.90 bits per heavy atom. The van der Waals surface area contributed by atoms with Crippen molar-refractivity contribution >= 4 is 17.8 Å². The first-order valence-corrected chi connectivity index (χ1v) is 10.4. The zero-order valence-corrected chi connectivity index (χ0v) is 18.0. The van der Waals surface area contributed by atoms with E-state index < -0.39 is 6.10 Å². The Kier molecular flexibility index (Phi) is 7.75. The van der Waals surface area contributed by atoms with Gasteiger partial charge >= 0.3 is 0 Å². The molecule has 1 heterocycles. The molecule has 0 amide bonds. The third-order valence-electron chi connectivity index (χ3n) is 4.24. The number of para-hydroxylation sites is 2. The third-order valence-corrected chi connectivity index (χ3v) is 5.33. The fraction of sp³-hybridized carbons (Fsp3) is 0.273. The molecule has 7 nitrogen and oxygen atoms in total. The molecule has 2 aromatic carbocycles. The Labute approximate surface area is 180 Å². The van der Waals surface area contributed by atoms with Gasteiger partial charge in [0, 0.05) is 5.75 Å². The van der Waals surface area contributed by atoms with Crippen molar-refractivity contribution < 1.29 is 19.3 Å². The molecule has 30 heavy (non-hydrogen) atoms. The molecular weight excluding hydrogens is 402 g/mol. The van der Waals surface area contributed by atoms with Gasteiger partial charge in [-0.25, -0.2) is 0 Å². The summed E-state index contributed by atoms with van der Waals surface area (Å²) in [6.45, 7) is 2.09. The van der Waals surface area contributed by atoms with Crippen molar-refractivity contribution in [1.29, 1.82) is 0 Å². The number of aliphatic hydroxyl groups is 1. The lowest BCUT2D eigenvalue weighted by Crippen LogP contribution is -2.20. The summed E-state index contributed by atoms with van der Waals surface area (Å²) >= 11 is 1.39. The topological polar surface area (TPSA) is 78.6 Å². The number of thioether (sulfide) groups is 1. The summed E-state index contributed by atoms with van der Waals surface area (Å²) in [5.74, 6) is 2.33. The second kappa shape index (κ2) is 10.7. The van der Waals surface area contributed by atoms with Gasteiger partial charge in [-0.05, 0) is 36.8 Å². The van der Waals surface area contributed by atoms with Crippen molar-refractivity contribution in [3.05, 3.63) is 60.4 Å². The molecule has 1 N–H and O–H groups in total. The van der Waals surface area contributed by atoms with Crippen LogP contribution < -0.4 is 14.2 Å². The van der Waals surface area contributed by atoms with Crippen molar-refractivity contribution in [3.63, 3.8) is 0 Å². The van der Waals surface area contributed by atoms with Crippen LogP contribution in [0, 0.1) is 0 Å². The van der Waals surface area contributed by atoms with E-state index in [0.29, 0.717) is 22.4 Å². The van der Waals surface area contributed by atoms with E-state index in [1.165, 1.54) is 11.8 Å². The highest BCUT2D eigenvalue weighted by Crippen LogP contribution is 2.30. The number of aromatic nitrogens is 3. The summed E-state index contributed by atoms with van der Waals surface area (Å²) in [5, 5.41) is 19.2. The van der Waals surface area contributed by atoms with E-state index in [9.17, 15) is 5.11 Å². The molecular formula is C22H25N3O4S. The second-order valence-corrected chi connectivity index (χ2v) is 7.33. The zero-order chi connectivity index (χ0) is 21.3. The van der Waals surface area contributed by atoms with Gasteiger partial charge in [-0.3, -0.25) is 4.57 Å². The van der Waals surface area contributed by atoms with E-state index in [0.717, 1.165) is 17.0 Å². The lowest BCUT2D eigenvalue weighted by molar-refractivity contribution is 0.124. The number of rotatable bonds is 10. The maximum Gasteiger partial charge on any atom is 0.195 e. The minimum atomic E-state index is -0.697. The van der Waals surface area contributed by atoms with Crippen LogP contribution in [0.2, 0.25) is 0 Å². The number of nitrogens with zero attached hydrogens (tertiary/aromatic N) is 3. The molecule has 3 rings (SSSR count). The summed E-state index contributed by atoms with van der Waals surface area (Å²) in [4.78, 5) is 0. The first-order valence-electron chi connectivity index (χ1n) is 9.44. The summed E-state index contributed by atoms with van der Waals surface area (Å²) in [6.07, 6.45) is 4.87. The minimum absolute atomic E-state index is 0.134. The molecule has 0 aliphatic rings. The SMILES string of the molecule is C/C=C/c1ccc(OCC(O)CSc2nncn2-c2ccccc2OC)c(OC)c1. The molecule has 8 heteroatoms. The standard InChI is InChI=1S/C22H25N3O4S/c1-4-7-16-10-11-20(21(12-16)28-3)29-13-17(26)14-30-22-24-23-15-25(22)18-8-5-6-9-19(18)27-2/h4-12,15,17,26H,13-14H2,1-3H3/b7-4+. The van der Waals surface area contributed by atoms with E-state index in [4.69, 9.17) is 14.2 Å². The molecule has 0 spiro atoms. The van der Waals surface area contributed by atoms with Crippen LogP contribution in [0.25, 0.3) is 11.8 Å². The maximum absolute atomic E-state index is 10.4. The predicted octanol–water partition coefficient (Wildman–Crippen LogP) is 3.85. The van der Waals surface area contributed by atoms with Gasteiger partial charge in [0.25, 0.3) is 0 Å². The fourth-order valence-corrected chi connectivity index (χ4v) is 3.65. The van der Waals surface area contributed by atoms with Crippen LogP contribution >= 0.6 is 11.8 Å². The quantitative estimate of drug-likeness (QED) is 0.492. The van der Waals surface area contributed by atoms with Crippen molar-refractivity contribution in [2.24, 2.45) is 0 Å². The molecule has 1 aromatic heterocycles. The molecule has 1 atom stereocenters. The van der Waals surface area contributed by atoms with E-state index in [1.807, 2.05) is 66.1 Å². The molecule has 158 valence electrons. The van der Waals surface area contributed by atoms with Gasteiger partial charge in [-0.15, -0.1) is 10.2 Å². The fourth-order valence-electron chi connectivity index (χ4n) is 2.82. The lowest BCUT2D eigenvalue weighted by atomic mass is 10.2. The molecule has 0 aliphatic carbocycles. The Hall–Kier alpha value is -2.97. The minimum Gasteiger partial charge on any atom is -0.495 e. The lowest BCUT2D eigenvalue weighted by Gasteiger charge is -2.15. The number of aliphatic hydroxyl groups excluding tert-OH is 1. The first kappa shape index (κ1) is 21.7. The predicted molar refractivity (Wildman–Crippen MR) is 118 cm³/mol. The van der Waals surface area contributed by atoms with Crippen LogP contribution in [-0.4, -0.2) is 52.6 Å². The zero-order valence-electron chi connectivity index (χ0n) is 17.2. The normalized spacial score (nSPS) is 12.1. The van der Waals surface area contributed by atoms with Gasteiger partial charge in [0.15, 0.2) is 16.7 Å². The van der Waals surface area contributed by atoms with Crippen molar-refractivity contribution in [3.8, 4) is 22.9 Å². The van der Waals surface area contributed by atoms with Crippen LogP contribution in [0.3, 0.4) is 0 Å². The smallest absolute Gasteiger partial charge is 0.195 e. The Bertz CT molecular complexity index is 990. The molecule has 0 saturated heterocycles. The average molecular weight is 428 g/mol. The number of benzene rings is 2. The van der Waals surface area contributed by atoms with Gasteiger partial charge in [0.05, 0.1) is 26.0 Å². The molecule has 0 saturated carbocycles. The summed E-state index contributed by atoms with van der Waals surface area (Å²) < 4.78 is 18.4. The van der Waals surface area contributed by atoms with E-state index >= 15 is 0 Å². The molecule has 0 radical (unpaired) electrons. The number of hydrogen-bond donors (Lipinski definition) is 1. The van der Waals surface area contributed by atoms with Gasteiger partial charge in [0.1, 0.15) is 18.7 Å². The van der Waals surface area contributed by atoms with Crippen molar-refractivity contribution in [2.75, 3.05) is 26.6 Å². The molecule has 0 fully saturated rings. The monoisotopic (exact) mass is 427 g/mol. The van der Waals surface area contributed by atoms with Crippen LogP contribution in [0.4, 0.5) is 0 Å². The highest BCUT2D eigenvalue weighted by Gasteiger charge is 2.15. The van der Waals surface area contributed by atoms with E-state index in [1.54, 1.807) is 20.5 Å². The Morgan fingerprint density at radius 1 is 1.10 bits per heavy atom. The number of ether oxygens (including phenoxy) is 3. The largest absolute Gasteiger partial charge is 0.495 e. The van der Waals surface area contributed by atoms with E-state index in [-0.39, 0.29) is 6.61 Å². The second-order valence-electron chi connectivity index (χ2n) is 6.34. The van der Waals surface area contributed by atoms with Gasteiger partial charge in [0.2, 0.25) is 0 Å². The van der Waals surface area contributed by atoms with Gasteiger partial charge < -0.3 is 19.3 Å². The Balaban J connectivity index is 1.60. The summed E-state index contributed by atoms with van der Waals surface area (Å²) in [6, 6.07) is 13.3. The van der Waals surface area contributed by atoms with Crippen LogP contribution in [0.15, 0.2) is 60.0 Å². The molecule has 0 aliphatic heterocycles. The van der Waals surface area contributed by atoms with Crippen molar-refractivity contribution in [1.82, 2.24) is 14.8 Å². The van der Waals surface area contributed by atoms with Crippen LogP contribution in [0.1, 0.15) is 12.5 Å². The molecule has 1 unspecified atom stereocenters. The average Bonchev–Trinajstić information content (AvgIpc) is 3.25. The highest BCUT2D eigenvalue weighted by molar-refractivity contribution is 7.99. The maximum atomic E-state index is 10.4. The summed E-state index contributed by atoms with van der Waals surface area (Å²) in [7, 11) is 3.22. The third kappa shape index (κ3) is 5.34. The number of methoxy groups -OCH3 is 2. The Morgan fingerprint density at radius 3 is 2.67 bits per heavy atom. The van der Waals surface area contributed by atoms with Crippen LogP contribution in [-0.2, 0) is 0 Å². The molecule has 3 aromatic rings.